The predicted molar refractivity (Wildman–Crippen MR) is 79.6 cm³/mol. The second-order valence-corrected chi connectivity index (χ2v) is 4.92. The number of aromatic amines is 1. The van der Waals surface area contributed by atoms with Gasteiger partial charge in [-0.15, -0.1) is 0 Å². The average Bonchev–Trinajstić information content (AvgIpc) is 2.93. The van der Waals surface area contributed by atoms with E-state index in [-0.39, 0.29) is 0 Å². The number of aromatic hydroxyl groups is 1. The Labute approximate surface area is 117 Å². The van der Waals surface area contributed by atoms with Gasteiger partial charge in [0.2, 0.25) is 0 Å². The van der Waals surface area contributed by atoms with Gasteiger partial charge in [0.1, 0.15) is 16.8 Å². The highest BCUT2D eigenvalue weighted by Crippen LogP contribution is 2.38. The summed E-state index contributed by atoms with van der Waals surface area (Å²) >= 11 is 0. The van der Waals surface area contributed by atoms with E-state index in [0.29, 0.717) is 11.3 Å². The molecule has 0 bridgehead atoms. The average molecular weight is 267 g/mol. The molecule has 0 saturated heterocycles. The molecule has 0 amide bonds. The van der Waals surface area contributed by atoms with Crippen LogP contribution in [0.2, 0.25) is 0 Å². The van der Waals surface area contributed by atoms with Gasteiger partial charge in [0, 0.05) is 0 Å². The van der Waals surface area contributed by atoms with E-state index in [1.165, 1.54) is 0 Å². The molecule has 0 atom stereocenters. The number of hydrogen-bond donors (Lipinski definition) is 2. The molecule has 20 heavy (non-hydrogen) atoms. The number of hydrogen-bond acceptors (Lipinski definition) is 3. The zero-order valence-corrected chi connectivity index (χ0v) is 11.4. The summed E-state index contributed by atoms with van der Waals surface area (Å²) in [5.74, 6) is 0.325. The van der Waals surface area contributed by atoms with Gasteiger partial charge in [-0.3, -0.25) is 0 Å². The van der Waals surface area contributed by atoms with Crippen LogP contribution in [0.25, 0.3) is 22.2 Å². The summed E-state index contributed by atoms with van der Waals surface area (Å²) in [6, 6.07) is 11.8. The molecule has 1 aromatic heterocycles. The molecule has 3 rings (SSSR count). The first-order chi connectivity index (χ1) is 9.81. The molecule has 2 aromatic carbocycles. The number of phenols is 1. The third kappa shape index (κ3) is 2.13. The monoisotopic (exact) mass is 267 g/mol. The molecule has 2 N–H and O–H groups in total. The van der Waals surface area contributed by atoms with Crippen molar-refractivity contribution in [2.45, 2.75) is 26.2 Å². The molecule has 0 radical (unpaired) electrons. The first kappa shape index (κ1) is 12.7. The van der Waals surface area contributed by atoms with E-state index in [1.54, 1.807) is 0 Å². The largest absolute Gasteiger partial charge is 0.507 e. The molecule has 0 aliphatic heterocycles. The van der Waals surface area contributed by atoms with Crippen LogP contribution in [0, 0.1) is 0 Å². The first-order valence-corrected chi connectivity index (χ1v) is 6.92. The highest BCUT2D eigenvalue weighted by molar-refractivity contribution is 5.95. The van der Waals surface area contributed by atoms with E-state index >= 15 is 0 Å². The van der Waals surface area contributed by atoms with Crippen LogP contribution in [0.4, 0.5) is 0 Å². The highest BCUT2D eigenvalue weighted by atomic mass is 16.3. The lowest BCUT2D eigenvalue weighted by Gasteiger charge is -2.10. The van der Waals surface area contributed by atoms with E-state index < -0.39 is 0 Å². The molecule has 4 heteroatoms. The summed E-state index contributed by atoms with van der Waals surface area (Å²) < 4.78 is 0. The fraction of sp³-hybridized carbons (Fsp3) is 0.250. The Balaban J connectivity index is 2.22. The van der Waals surface area contributed by atoms with Gasteiger partial charge in [-0.2, -0.15) is 15.4 Å². The van der Waals surface area contributed by atoms with Crippen molar-refractivity contribution in [3.63, 3.8) is 0 Å². The molecule has 1 heterocycles. The smallest absolute Gasteiger partial charge is 0.128 e. The SMILES string of the molecule is CCCCc1cc2n[nH]nc2c(-c2ccccc2)c1O. The quantitative estimate of drug-likeness (QED) is 0.758. The van der Waals surface area contributed by atoms with Gasteiger partial charge in [-0.25, -0.2) is 0 Å². The van der Waals surface area contributed by atoms with Crippen molar-refractivity contribution in [3.05, 3.63) is 42.0 Å². The molecule has 0 saturated carbocycles. The van der Waals surface area contributed by atoms with Crippen LogP contribution in [0.5, 0.6) is 5.75 Å². The molecule has 102 valence electrons. The number of phenolic OH excluding ortho intramolecular Hbond substituents is 1. The van der Waals surface area contributed by atoms with Gasteiger partial charge in [-0.05, 0) is 30.0 Å². The third-order valence-corrected chi connectivity index (χ3v) is 3.53. The molecular weight excluding hydrogens is 250 g/mol. The number of unbranched alkanes of at least 4 members (excludes halogenated alkanes) is 1. The summed E-state index contributed by atoms with van der Waals surface area (Å²) in [6.07, 6.45) is 2.99. The van der Waals surface area contributed by atoms with Gasteiger partial charge in [0.25, 0.3) is 0 Å². The number of aromatic nitrogens is 3. The van der Waals surface area contributed by atoms with E-state index in [4.69, 9.17) is 0 Å². The lowest BCUT2D eigenvalue weighted by molar-refractivity contribution is 0.469. The van der Waals surface area contributed by atoms with Crippen molar-refractivity contribution in [1.82, 2.24) is 15.4 Å². The summed E-state index contributed by atoms with van der Waals surface area (Å²) in [6.45, 7) is 2.14. The Bertz CT molecular complexity index is 719. The maximum atomic E-state index is 10.6. The maximum absolute atomic E-state index is 10.6. The van der Waals surface area contributed by atoms with Crippen LogP contribution in [0.3, 0.4) is 0 Å². The van der Waals surface area contributed by atoms with Crippen LogP contribution < -0.4 is 0 Å². The standard InChI is InChI=1S/C16H17N3O/c1-2-3-7-12-10-13-15(18-19-17-13)14(16(12)20)11-8-5-4-6-9-11/h4-6,8-10,20H,2-3,7H2,1H3,(H,17,18,19). The molecule has 0 fully saturated rings. The van der Waals surface area contributed by atoms with Gasteiger partial charge in [-0.1, -0.05) is 43.7 Å². The maximum Gasteiger partial charge on any atom is 0.128 e. The van der Waals surface area contributed by atoms with E-state index in [2.05, 4.69) is 22.3 Å². The zero-order chi connectivity index (χ0) is 13.9. The van der Waals surface area contributed by atoms with Crippen molar-refractivity contribution < 1.29 is 5.11 Å². The van der Waals surface area contributed by atoms with Gasteiger partial charge in [0.15, 0.2) is 0 Å². The molecule has 0 aliphatic rings. The number of nitrogens with one attached hydrogen (secondary N) is 1. The minimum absolute atomic E-state index is 0.325. The van der Waals surface area contributed by atoms with Crippen molar-refractivity contribution in [1.29, 1.82) is 0 Å². The Morgan fingerprint density at radius 2 is 1.95 bits per heavy atom. The normalized spacial score (nSPS) is 11.1. The first-order valence-electron chi connectivity index (χ1n) is 6.92. The molecule has 4 nitrogen and oxygen atoms in total. The van der Waals surface area contributed by atoms with Crippen molar-refractivity contribution in [2.75, 3.05) is 0 Å². The highest BCUT2D eigenvalue weighted by Gasteiger charge is 2.16. The van der Waals surface area contributed by atoms with Crippen LogP contribution in [0.15, 0.2) is 36.4 Å². The zero-order valence-electron chi connectivity index (χ0n) is 11.4. The van der Waals surface area contributed by atoms with E-state index in [0.717, 1.165) is 41.5 Å². The number of H-pyrrole nitrogens is 1. The van der Waals surface area contributed by atoms with Crippen LogP contribution in [-0.2, 0) is 6.42 Å². The lowest BCUT2D eigenvalue weighted by Crippen LogP contribution is -1.91. The topological polar surface area (TPSA) is 61.8 Å². The van der Waals surface area contributed by atoms with Gasteiger partial charge in [0.05, 0.1) is 5.56 Å². The minimum Gasteiger partial charge on any atom is -0.507 e. The Morgan fingerprint density at radius 1 is 1.15 bits per heavy atom. The Morgan fingerprint density at radius 3 is 2.70 bits per heavy atom. The fourth-order valence-electron chi connectivity index (χ4n) is 2.47. The molecule has 0 spiro atoms. The van der Waals surface area contributed by atoms with Crippen LogP contribution >= 0.6 is 0 Å². The summed E-state index contributed by atoms with van der Waals surface area (Å²) in [5, 5.41) is 21.6. The Kier molecular flexibility index (Phi) is 3.37. The van der Waals surface area contributed by atoms with Gasteiger partial charge >= 0.3 is 0 Å². The number of rotatable bonds is 4. The number of fused-ring (bicyclic) bond motifs is 1. The number of benzene rings is 2. The van der Waals surface area contributed by atoms with E-state index in [1.807, 2.05) is 36.4 Å². The lowest BCUT2D eigenvalue weighted by atomic mass is 9.97. The predicted octanol–water partition coefficient (Wildman–Crippen LogP) is 3.67. The van der Waals surface area contributed by atoms with Crippen LogP contribution in [-0.4, -0.2) is 20.5 Å². The second kappa shape index (κ2) is 5.33. The fourth-order valence-corrected chi connectivity index (χ4v) is 2.47. The minimum atomic E-state index is 0.325. The van der Waals surface area contributed by atoms with Gasteiger partial charge < -0.3 is 5.11 Å². The molecule has 0 aliphatic carbocycles. The second-order valence-electron chi connectivity index (χ2n) is 4.92. The third-order valence-electron chi connectivity index (χ3n) is 3.53. The van der Waals surface area contributed by atoms with Crippen LogP contribution in [0.1, 0.15) is 25.3 Å². The molecule has 0 unspecified atom stereocenters. The van der Waals surface area contributed by atoms with E-state index in [9.17, 15) is 5.11 Å². The summed E-state index contributed by atoms with van der Waals surface area (Å²) in [5.41, 5.74) is 4.18. The molecular formula is C16H17N3O. The summed E-state index contributed by atoms with van der Waals surface area (Å²) in [4.78, 5) is 0. The van der Waals surface area contributed by atoms with Crippen molar-refractivity contribution in [3.8, 4) is 16.9 Å². The molecule has 3 aromatic rings. The summed E-state index contributed by atoms with van der Waals surface area (Å²) in [7, 11) is 0. The number of aryl methyl sites for hydroxylation is 1. The van der Waals surface area contributed by atoms with Crippen molar-refractivity contribution >= 4 is 11.0 Å². The number of nitrogens with zero attached hydrogens (tertiary/aromatic N) is 2. The van der Waals surface area contributed by atoms with Crippen molar-refractivity contribution in [2.24, 2.45) is 0 Å². The Hall–Kier alpha value is -2.36.